The lowest BCUT2D eigenvalue weighted by molar-refractivity contribution is -0.123. The van der Waals surface area contributed by atoms with E-state index < -0.39 is 0 Å². The first kappa shape index (κ1) is 25.2. The first-order valence-electron chi connectivity index (χ1n) is 13.5. The van der Waals surface area contributed by atoms with Crippen molar-refractivity contribution >= 4 is 17.5 Å². The van der Waals surface area contributed by atoms with Crippen LogP contribution in [0.15, 0.2) is 84.9 Å². The van der Waals surface area contributed by atoms with Gasteiger partial charge in [-0.3, -0.25) is 14.5 Å². The number of anilines is 1. The van der Waals surface area contributed by atoms with Crippen LogP contribution in [0.5, 0.6) is 0 Å². The molecule has 3 aromatic carbocycles. The summed E-state index contributed by atoms with van der Waals surface area (Å²) in [5, 5.41) is 6.09. The molecule has 1 spiro atoms. The van der Waals surface area contributed by atoms with Gasteiger partial charge in [-0.05, 0) is 73.0 Å². The fourth-order valence-electron chi connectivity index (χ4n) is 5.94. The Morgan fingerprint density at radius 3 is 2.05 bits per heavy atom. The van der Waals surface area contributed by atoms with E-state index in [1.165, 1.54) is 23.6 Å². The Kier molecular flexibility index (Phi) is 7.71. The van der Waals surface area contributed by atoms with E-state index in [1.807, 2.05) is 12.1 Å². The summed E-state index contributed by atoms with van der Waals surface area (Å²) < 4.78 is 0. The molecule has 2 fully saturated rings. The third kappa shape index (κ3) is 6.28. The van der Waals surface area contributed by atoms with E-state index in [9.17, 15) is 9.59 Å². The van der Waals surface area contributed by atoms with Gasteiger partial charge >= 0.3 is 0 Å². The Morgan fingerprint density at radius 2 is 1.49 bits per heavy atom. The fourth-order valence-corrected chi connectivity index (χ4v) is 5.94. The minimum atomic E-state index is -0.0516. The summed E-state index contributed by atoms with van der Waals surface area (Å²) in [7, 11) is 0. The SMILES string of the molecule is CC(=O)Nc1ccc(CN2CCC3(CC2)C[C@H]3C(=O)NCCC(c2ccccc2)c2ccccc2)cc1. The van der Waals surface area contributed by atoms with E-state index in [4.69, 9.17) is 0 Å². The van der Waals surface area contributed by atoms with Gasteiger partial charge in [-0.2, -0.15) is 0 Å². The van der Waals surface area contributed by atoms with Crippen LogP contribution < -0.4 is 10.6 Å². The van der Waals surface area contributed by atoms with E-state index in [2.05, 4.69) is 88.3 Å². The highest BCUT2D eigenvalue weighted by molar-refractivity contribution is 5.88. The summed E-state index contributed by atoms with van der Waals surface area (Å²) in [4.78, 5) is 26.8. The van der Waals surface area contributed by atoms with Crippen molar-refractivity contribution in [3.63, 3.8) is 0 Å². The van der Waals surface area contributed by atoms with Crippen molar-refractivity contribution in [1.29, 1.82) is 0 Å². The van der Waals surface area contributed by atoms with E-state index >= 15 is 0 Å². The van der Waals surface area contributed by atoms with Crippen molar-refractivity contribution in [2.75, 3.05) is 25.0 Å². The van der Waals surface area contributed by atoms with Gasteiger partial charge in [0.25, 0.3) is 0 Å². The Bertz CT molecular complexity index is 1150. The summed E-state index contributed by atoms with van der Waals surface area (Å²) in [5.41, 5.74) is 4.88. The largest absolute Gasteiger partial charge is 0.356 e. The highest BCUT2D eigenvalue weighted by Gasteiger charge is 2.58. The number of carbonyl (C=O) groups is 2. The molecule has 5 heteroatoms. The maximum absolute atomic E-state index is 13.1. The van der Waals surface area contributed by atoms with E-state index in [0.29, 0.717) is 6.54 Å². The molecule has 1 aliphatic carbocycles. The quantitative estimate of drug-likeness (QED) is 0.407. The molecule has 1 heterocycles. The molecule has 1 saturated heterocycles. The van der Waals surface area contributed by atoms with Gasteiger partial charge in [0.15, 0.2) is 0 Å². The average molecular weight is 496 g/mol. The molecule has 2 amide bonds. The maximum atomic E-state index is 13.1. The second-order valence-electron chi connectivity index (χ2n) is 10.7. The zero-order valence-corrected chi connectivity index (χ0v) is 21.7. The summed E-state index contributed by atoms with van der Waals surface area (Å²) in [6, 6.07) is 29.3. The number of carbonyl (C=O) groups excluding carboxylic acids is 2. The highest BCUT2D eigenvalue weighted by Crippen LogP contribution is 2.59. The van der Waals surface area contributed by atoms with Crippen molar-refractivity contribution in [2.45, 2.75) is 45.1 Å². The molecule has 0 radical (unpaired) electrons. The van der Waals surface area contributed by atoms with Crippen LogP contribution in [-0.2, 0) is 16.1 Å². The number of likely N-dealkylation sites (tertiary alicyclic amines) is 1. The predicted molar refractivity (Wildman–Crippen MR) is 148 cm³/mol. The van der Waals surface area contributed by atoms with Crippen molar-refractivity contribution < 1.29 is 9.59 Å². The standard InChI is InChI=1S/C32H37N3O2/c1-24(36)34-28-14-12-25(13-15-28)23-35-20-17-32(18-21-35)22-30(32)31(37)33-19-16-29(26-8-4-2-5-9-26)27-10-6-3-7-11-27/h2-15,29-30H,16-23H2,1H3,(H,33,37)(H,34,36)/t30-/m0/s1. The van der Waals surface area contributed by atoms with Crippen LogP contribution in [0.25, 0.3) is 0 Å². The van der Waals surface area contributed by atoms with E-state index in [-0.39, 0.29) is 29.1 Å². The fraction of sp³-hybridized carbons (Fsp3) is 0.375. The number of nitrogens with zero attached hydrogens (tertiary/aromatic N) is 1. The minimum Gasteiger partial charge on any atom is -0.356 e. The third-order valence-corrected chi connectivity index (χ3v) is 8.17. The molecule has 37 heavy (non-hydrogen) atoms. The van der Waals surface area contributed by atoms with Crippen LogP contribution in [0.4, 0.5) is 5.69 Å². The second-order valence-corrected chi connectivity index (χ2v) is 10.7. The number of hydrogen-bond donors (Lipinski definition) is 2. The molecular weight excluding hydrogens is 458 g/mol. The molecule has 0 aromatic heterocycles. The average Bonchev–Trinajstić information content (AvgIpc) is 3.63. The van der Waals surface area contributed by atoms with Crippen LogP contribution in [0.2, 0.25) is 0 Å². The monoisotopic (exact) mass is 495 g/mol. The van der Waals surface area contributed by atoms with E-state index in [1.54, 1.807) is 0 Å². The zero-order valence-electron chi connectivity index (χ0n) is 21.7. The van der Waals surface area contributed by atoms with E-state index in [0.717, 1.165) is 51.0 Å². The van der Waals surface area contributed by atoms with Gasteiger partial charge in [0, 0.05) is 37.5 Å². The van der Waals surface area contributed by atoms with Gasteiger partial charge in [0.1, 0.15) is 0 Å². The van der Waals surface area contributed by atoms with Crippen LogP contribution >= 0.6 is 0 Å². The smallest absolute Gasteiger partial charge is 0.223 e. The Labute approximate surface area is 220 Å². The van der Waals surface area contributed by atoms with Gasteiger partial charge in [-0.1, -0.05) is 72.8 Å². The second kappa shape index (κ2) is 11.3. The Morgan fingerprint density at radius 1 is 0.892 bits per heavy atom. The molecule has 192 valence electrons. The van der Waals surface area contributed by atoms with Crippen LogP contribution in [-0.4, -0.2) is 36.3 Å². The Balaban J connectivity index is 1.08. The molecule has 0 bridgehead atoms. The molecule has 2 aliphatic rings. The molecule has 3 aromatic rings. The third-order valence-electron chi connectivity index (χ3n) is 8.17. The maximum Gasteiger partial charge on any atom is 0.223 e. The van der Waals surface area contributed by atoms with Gasteiger partial charge < -0.3 is 10.6 Å². The number of piperidine rings is 1. The molecule has 1 aliphatic heterocycles. The number of hydrogen-bond acceptors (Lipinski definition) is 3. The molecular formula is C32H37N3O2. The van der Waals surface area contributed by atoms with Gasteiger partial charge in [-0.15, -0.1) is 0 Å². The highest BCUT2D eigenvalue weighted by atomic mass is 16.2. The number of benzene rings is 3. The summed E-state index contributed by atoms with van der Waals surface area (Å²) in [6.45, 7) is 5.19. The number of amides is 2. The molecule has 1 saturated carbocycles. The van der Waals surface area contributed by atoms with Crippen LogP contribution in [0, 0.1) is 11.3 Å². The Hall–Kier alpha value is -3.44. The molecule has 0 unspecified atom stereocenters. The van der Waals surface area contributed by atoms with Crippen molar-refractivity contribution in [3.05, 3.63) is 102 Å². The normalized spacial score (nSPS) is 18.5. The van der Waals surface area contributed by atoms with Crippen molar-refractivity contribution in [3.8, 4) is 0 Å². The van der Waals surface area contributed by atoms with Crippen molar-refractivity contribution in [1.82, 2.24) is 10.2 Å². The van der Waals surface area contributed by atoms with Gasteiger partial charge in [-0.25, -0.2) is 0 Å². The topological polar surface area (TPSA) is 61.4 Å². The lowest BCUT2D eigenvalue weighted by Gasteiger charge is -2.33. The van der Waals surface area contributed by atoms with Gasteiger partial charge in [0.05, 0.1) is 0 Å². The minimum absolute atomic E-state index is 0.0516. The summed E-state index contributed by atoms with van der Waals surface area (Å²) in [6.07, 6.45) is 4.10. The lowest BCUT2D eigenvalue weighted by atomic mass is 9.88. The summed E-state index contributed by atoms with van der Waals surface area (Å²) in [5.74, 6) is 0.635. The molecule has 5 nitrogen and oxygen atoms in total. The number of rotatable bonds is 9. The summed E-state index contributed by atoms with van der Waals surface area (Å²) >= 11 is 0. The van der Waals surface area contributed by atoms with Crippen LogP contribution in [0.1, 0.15) is 55.2 Å². The van der Waals surface area contributed by atoms with Gasteiger partial charge in [0.2, 0.25) is 11.8 Å². The number of nitrogens with one attached hydrogen (secondary N) is 2. The first-order valence-corrected chi connectivity index (χ1v) is 13.5. The zero-order chi connectivity index (χ0) is 25.7. The predicted octanol–water partition coefficient (Wildman–Crippen LogP) is 5.59. The molecule has 5 rings (SSSR count). The molecule has 1 atom stereocenters. The van der Waals surface area contributed by atoms with Crippen LogP contribution in [0.3, 0.4) is 0 Å². The van der Waals surface area contributed by atoms with Crippen molar-refractivity contribution in [2.24, 2.45) is 11.3 Å². The first-order chi connectivity index (χ1) is 18.0. The lowest BCUT2D eigenvalue weighted by Crippen LogP contribution is -2.37. The molecule has 2 N–H and O–H groups in total.